The summed E-state index contributed by atoms with van der Waals surface area (Å²) in [5, 5.41) is 0. The molecule has 0 atom stereocenters. The maximum Gasteiger partial charge on any atom is 0.325 e. The summed E-state index contributed by atoms with van der Waals surface area (Å²) in [4.78, 5) is 17.8. The molecule has 0 aliphatic carbocycles. The van der Waals surface area contributed by atoms with Crippen LogP contribution in [0.3, 0.4) is 0 Å². The highest BCUT2D eigenvalue weighted by Gasteiger charge is 2.18. The molecule has 0 saturated carbocycles. The van der Waals surface area contributed by atoms with Gasteiger partial charge in [-0.1, -0.05) is 70.6 Å². The zero-order valence-electron chi connectivity index (χ0n) is 17.6. The van der Waals surface area contributed by atoms with Gasteiger partial charge in [-0.25, -0.2) is 0 Å². The molecule has 0 rings (SSSR count). The minimum atomic E-state index is -3.82. The van der Waals surface area contributed by atoms with Gasteiger partial charge < -0.3 is 14.3 Å². The van der Waals surface area contributed by atoms with E-state index >= 15 is 0 Å². The van der Waals surface area contributed by atoms with Gasteiger partial charge in [0.15, 0.2) is 0 Å². The van der Waals surface area contributed by atoms with Gasteiger partial charge in [0.2, 0.25) is 0 Å². The standard InChI is InChI=1S/C19H44NO3PSi/c1-20(2,17-15-18-24(21,22)23)16-13-11-9-7-6-8-10-12-14-19-25(3,4)5/h6-19H2,1-5H3,(H-,21,22,23)/p+1. The highest BCUT2D eigenvalue weighted by atomic mass is 31.2. The van der Waals surface area contributed by atoms with Crippen molar-refractivity contribution in [2.75, 3.05) is 33.3 Å². The van der Waals surface area contributed by atoms with Crippen LogP contribution in [0.5, 0.6) is 0 Å². The maximum atomic E-state index is 10.9. The average molecular weight is 395 g/mol. The molecular formula is C19H45NO3PSi+. The summed E-state index contributed by atoms with van der Waals surface area (Å²) >= 11 is 0. The molecule has 0 aromatic carbocycles. The van der Waals surface area contributed by atoms with Crippen molar-refractivity contribution in [3.05, 3.63) is 0 Å². The van der Waals surface area contributed by atoms with Crippen molar-refractivity contribution in [1.82, 2.24) is 0 Å². The van der Waals surface area contributed by atoms with Crippen LogP contribution in [-0.2, 0) is 4.57 Å². The monoisotopic (exact) mass is 394 g/mol. The quantitative estimate of drug-likeness (QED) is 0.158. The Kier molecular flexibility index (Phi) is 12.8. The molecule has 0 unspecified atom stereocenters. The first kappa shape index (κ1) is 25.3. The smallest absolute Gasteiger partial charge is 0.325 e. The van der Waals surface area contributed by atoms with E-state index in [-0.39, 0.29) is 6.16 Å². The fourth-order valence-corrected chi connectivity index (χ4v) is 5.11. The topological polar surface area (TPSA) is 57.5 Å². The number of unbranched alkanes of at least 4 members (excludes halogenated alkanes) is 8. The van der Waals surface area contributed by atoms with Crippen LogP contribution >= 0.6 is 7.60 Å². The van der Waals surface area contributed by atoms with Gasteiger partial charge in [0.25, 0.3) is 0 Å². The molecule has 0 aromatic rings. The van der Waals surface area contributed by atoms with E-state index in [0.29, 0.717) is 6.42 Å². The second-order valence-corrected chi connectivity index (χ2v) is 17.0. The van der Waals surface area contributed by atoms with Crippen LogP contribution in [0.4, 0.5) is 0 Å². The van der Waals surface area contributed by atoms with Gasteiger partial charge in [0.1, 0.15) is 0 Å². The third-order valence-corrected chi connectivity index (χ3v) is 7.66. The van der Waals surface area contributed by atoms with E-state index in [1.54, 1.807) is 0 Å². The molecule has 152 valence electrons. The van der Waals surface area contributed by atoms with Gasteiger partial charge in [0, 0.05) is 14.5 Å². The van der Waals surface area contributed by atoms with Crippen molar-refractivity contribution in [3.63, 3.8) is 0 Å². The zero-order chi connectivity index (χ0) is 19.4. The van der Waals surface area contributed by atoms with E-state index in [1.807, 2.05) is 0 Å². The molecule has 4 nitrogen and oxygen atoms in total. The average Bonchev–Trinajstić information content (AvgIpc) is 2.41. The first-order chi connectivity index (χ1) is 11.4. The lowest BCUT2D eigenvalue weighted by Crippen LogP contribution is -2.41. The van der Waals surface area contributed by atoms with Crippen molar-refractivity contribution in [2.45, 2.75) is 89.9 Å². The van der Waals surface area contributed by atoms with Crippen LogP contribution in [0.15, 0.2) is 0 Å². The van der Waals surface area contributed by atoms with Gasteiger partial charge in [-0.05, 0) is 12.8 Å². The molecule has 0 radical (unpaired) electrons. The van der Waals surface area contributed by atoms with Crippen LogP contribution in [0.2, 0.25) is 25.7 Å². The van der Waals surface area contributed by atoms with Crippen LogP contribution in [0.25, 0.3) is 0 Å². The summed E-state index contributed by atoms with van der Waals surface area (Å²) in [5.41, 5.74) is 0. The predicted molar refractivity (Wildman–Crippen MR) is 113 cm³/mol. The third-order valence-electron chi connectivity index (χ3n) is 4.90. The van der Waals surface area contributed by atoms with Crippen molar-refractivity contribution < 1.29 is 18.8 Å². The van der Waals surface area contributed by atoms with Gasteiger partial charge in [-0.15, -0.1) is 0 Å². The van der Waals surface area contributed by atoms with Gasteiger partial charge in [0.05, 0.1) is 33.3 Å². The lowest BCUT2D eigenvalue weighted by molar-refractivity contribution is -0.890. The lowest BCUT2D eigenvalue weighted by Gasteiger charge is -2.30. The van der Waals surface area contributed by atoms with Crippen molar-refractivity contribution in [2.24, 2.45) is 0 Å². The summed E-state index contributed by atoms with van der Waals surface area (Å²) in [7, 11) is -0.311. The van der Waals surface area contributed by atoms with E-state index in [0.717, 1.165) is 17.6 Å². The summed E-state index contributed by atoms with van der Waals surface area (Å²) < 4.78 is 11.8. The predicted octanol–water partition coefficient (Wildman–Crippen LogP) is 5.48. The highest BCUT2D eigenvalue weighted by Crippen LogP contribution is 2.35. The Morgan fingerprint density at radius 2 is 1.12 bits per heavy atom. The first-order valence-corrected chi connectivity index (χ1v) is 15.8. The SMILES string of the molecule is C[N+](C)(CCCCCCCCCCC[Si](C)(C)C)CCCP(=O)(O)O. The van der Waals surface area contributed by atoms with Gasteiger partial charge in [-0.2, -0.15) is 0 Å². The number of quaternary nitrogens is 1. The molecule has 0 aromatic heterocycles. The van der Waals surface area contributed by atoms with Crippen LogP contribution in [0.1, 0.15) is 64.2 Å². The van der Waals surface area contributed by atoms with E-state index in [2.05, 4.69) is 33.7 Å². The molecule has 0 aliphatic rings. The van der Waals surface area contributed by atoms with Crippen molar-refractivity contribution >= 4 is 15.7 Å². The fourth-order valence-electron chi connectivity index (χ4n) is 3.25. The lowest BCUT2D eigenvalue weighted by atomic mass is 10.1. The second kappa shape index (κ2) is 12.7. The summed E-state index contributed by atoms with van der Waals surface area (Å²) in [5.74, 6) is 0. The number of hydrogen-bond acceptors (Lipinski definition) is 1. The number of rotatable bonds is 16. The Labute approximate surface area is 158 Å². The molecule has 0 saturated heterocycles. The molecule has 0 fully saturated rings. The molecule has 2 N–H and O–H groups in total. The molecule has 25 heavy (non-hydrogen) atoms. The Morgan fingerprint density at radius 1 is 0.720 bits per heavy atom. The molecule has 0 aliphatic heterocycles. The Hall–Kier alpha value is 0.327. The molecule has 0 heterocycles. The summed E-state index contributed by atoms with van der Waals surface area (Å²) in [6.07, 6.45) is 12.9. The highest BCUT2D eigenvalue weighted by molar-refractivity contribution is 7.51. The molecular weight excluding hydrogens is 349 g/mol. The summed E-state index contributed by atoms with van der Waals surface area (Å²) in [6, 6.07) is 1.48. The van der Waals surface area contributed by atoms with Gasteiger partial charge >= 0.3 is 7.60 Å². The van der Waals surface area contributed by atoms with E-state index in [9.17, 15) is 4.57 Å². The third kappa shape index (κ3) is 20.5. The number of nitrogens with zero attached hydrogens (tertiary/aromatic N) is 1. The van der Waals surface area contributed by atoms with Crippen molar-refractivity contribution in [1.29, 1.82) is 0 Å². The normalized spacial score (nSPS) is 13.4. The second-order valence-electron chi connectivity index (χ2n) is 9.62. The largest absolute Gasteiger partial charge is 0.328 e. The minimum Gasteiger partial charge on any atom is -0.328 e. The van der Waals surface area contributed by atoms with Crippen LogP contribution in [-0.4, -0.2) is 55.7 Å². The molecule has 0 amide bonds. The van der Waals surface area contributed by atoms with Crippen LogP contribution < -0.4 is 0 Å². The van der Waals surface area contributed by atoms with Gasteiger partial charge in [-0.3, -0.25) is 4.57 Å². The first-order valence-electron chi connectivity index (χ1n) is 10.3. The molecule has 6 heteroatoms. The minimum absolute atomic E-state index is 0.0205. The van der Waals surface area contributed by atoms with Crippen LogP contribution in [0, 0.1) is 0 Å². The Morgan fingerprint density at radius 3 is 1.56 bits per heavy atom. The fraction of sp³-hybridized carbons (Fsp3) is 1.00. The summed E-state index contributed by atoms with van der Waals surface area (Å²) in [6.45, 7) is 9.35. The van der Waals surface area contributed by atoms with E-state index < -0.39 is 15.7 Å². The molecule has 0 spiro atoms. The number of hydrogen-bond donors (Lipinski definition) is 2. The van der Waals surface area contributed by atoms with Crippen molar-refractivity contribution in [3.8, 4) is 0 Å². The Bertz CT molecular complexity index is 377. The maximum absolute atomic E-state index is 10.9. The Balaban J connectivity index is 3.43. The molecule has 0 bridgehead atoms. The zero-order valence-corrected chi connectivity index (χ0v) is 19.5. The van der Waals surface area contributed by atoms with E-state index in [1.165, 1.54) is 63.8 Å². The van der Waals surface area contributed by atoms with E-state index in [4.69, 9.17) is 9.79 Å².